The van der Waals surface area contributed by atoms with Crippen LogP contribution in [0.2, 0.25) is 0 Å². The Morgan fingerprint density at radius 3 is 2.65 bits per heavy atom. The van der Waals surface area contributed by atoms with E-state index in [1.165, 1.54) is 28.0 Å². The third kappa shape index (κ3) is 5.33. The number of amides is 2. The minimum Gasteiger partial charge on any atom is -0.335 e. The number of benzene rings is 1. The fourth-order valence-electron chi connectivity index (χ4n) is 1.86. The normalized spacial score (nSPS) is 11.8. The highest BCUT2D eigenvalue weighted by Crippen LogP contribution is 2.25. The van der Waals surface area contributed by atoms with Gasteiger partial charge in [0.25, 0.3) is 0 Å². The lowest BCUT2D eigenvalue weighted by Crippen LogP contribution is -2.38. The van der Waals surface area contributed by atoms with E-state index in [0.717, 1.165) is 15.6 Å². The van der Waals surface area contributed by atoms with Gasteiger partial charge in [-0.25, -0.2) is 0 Å². The van der Waals surface area contributed by atoms with E-state index in [2.05, 4.69) is 15.5 Å². The van der Waals surface area contributed by atoms with Gasteiger partial charge in [0.1, 0.15) is 5.51 Å². The molecule has 0 aliphatic heterocycles. The number of thioether (sulfide) groups is 1. The van der Waals surface area contributed by atoms with Crippen molar-refractivity contribution in [3.8, 4) is 0 Å². The van der Waals surface area contributed by atoms with E-state index >= 15 is 0 Å². The molecule has 6 nitrogen and oxygen atoms in total. The molecule has 2 aromatic rings. The average Bonchev–Trinajstić information content (AvgIpc) is 3.01. The number of likely N-dealkylation sites (N-methyl/N-ethyl adjacent to an activating group) is 1. The van der Waals surface area contributed by atoms with Gasteiger partial charge in [0.2, 0.25) is 11.8 Å². The van der Waals surface area contributed by atoms with Crippen LogP contribution in [0.3, 0.4) is 0 Å². The molecule has 0 saturated carbocycles. The molecule has 1 aromatic heterocycles. The highest BCUT2D eigenvalue weighted by molar-refractivity contribution is 8.02. The first-order chi connectivity index (χ1) is 11.0. The molecular formula is C15H18N4O2S2. The molecule has 122 valence electrons. The number of nitrogens with zero attached hydrogens (tertiary/aromatic N) is 3. The van der Waals surface area contributed by atoms with Gasteiger partial charge in [-0.15, -0.1) is 10.2 Å². The van der Waals surface area contributed by atoms with Crippen molar-refractivity contribution >= 4 is 40.6 Å². The van der Waals surface area contributed by atoms with Crippen LogP contribution in [-0.2, 0) is 9.59 Å². The van der Waals surface area contributed by atoms with Crippen molar-refractivity contribution in [1.29, 1.82) is 0 Å². The van der Waals surface area contributed by atoms with Gasteiger partial charge < -0.3 is 10.2 Å². The standard InChI is InChI=1S/C15H18N4O2S2/c1-10-4-6-12(7-5-10)17-13(20)8-19(3)14(21)11(2)23-15-18-16-9-22-15/h4-7,9,11H,8H2,1-3H3,(H,17,20)/t11-/m0/s1. The smallest absolute Gasteiger partial charge is 0.243 e. The predicted molar refractivity (Wildman–Crippen MR) is 92.7 cm³/mol. The van der Waals surface area contributed by atoms with E-state index in [0.29, 0.717) is 0 Å². The summed E-state index contributed by atoms with van der Waals surface area (Å²) in [6.07, 6.45) is 0. The Kier molecular flexibility index (Phi) is 6.12. The minimum atomic E-state index is -0.319. The molecule has 0 aliphatic rings. The molecule has 0 saturated heterocycles. The molecule has 1 heterocycles. The van der Waals surface area contributed by atoms with Gasteiger partial charge in [0, 0.05) is 12.7 Å². The Morgan fingerprint density at radius 2 is 2.04 bits per heavy atom. The predicted octanol–water partition coefficient (Wildman–Crippen LogP) is 2.42. The second-order valence-electron chi connectivity index (χ2n) is 5.07. The Bertz CT molecular complexity index is 659. The maximum Gasteiger partial charge on any atom is 0.243 e. The van der Waals surface area contributed by atoms with Crippen LogP contribution in [0.5, 0.6) is 0 Å². The average molecular weight is 350 g/mol. The Hall–Kier alpha value is -1.93. The number of aromatic nitrogens is 2. The van der Waals surface area contributed by atoms with Crippen molar-refractivity contribution in [3.05, 3.63) is 35.3 Å². The fourth-order valence-corrected chi connectivity index (χ4v) is 3.60. The maximum atomic E-state index is 12.3. The van der Waals surface area contributed by atoms with E-state index in [1.807, 2.05) is 31.2 Å². The number of rotatable bonds is 6. The Labute approximate surface area is 143 Å². The van der Waals surface area contributed by atoms with E-state index in [-0.39, 0.29) is 23.6 Å². The summed E-state index contributed by atoms with van der Waals surface area (Å²) in [4.78, 5) is 25.7. The highest BCUT2D eigenvalue weighted by atomic mass is 32.2. The summed E-state index contributed by atoms with van der Waals surface area (Å²) >= 11 is 2.73. The van der Waals surface area contributed by atoms with E-state index in [4.69, 9.17) is 0 Å². The second-order valence-corrected chi connectivity index (χ2v) is 7.49. The topological polar surface area (TPSA) is 75.2 Å². The van der Waals surface area contributed by atoms with Crippen molar-refractivity contribution in [2.45, 2.75) is 23.4 Å². The van der Waals surface area contributed by atoms with Crippen LogP contribution in [0.4, 0.5) is 5.69 Å². The summed E-state index contributed by atoms with van der Waals surface area (Å²) < 4.78 is 0.739. The highest BCUT2D eigenvalue weighted by Gasteiger charge is 2.21. The lowest BCUT2D eigenvalue weighted by atomic mass is 10.2. The molecular weight excluding hydrogens is 332 g/mol. The van der Waals surface area contributed by atoms with Gasteiger partial charge >= 0.3 is 0 Å². The molecule has 0 bridgehead atoms. The second kappa shape index (κ2) is 8.07. The molecule has 0 spiro atoms. The molecule has 1 atom stereocenters. The van der Waals surface area contributed by atoms with Crippen molar-refractivity contribution in [3.63, 3.8) is 0 Å². The lowest BCUT2D eigenvalue weighted by Gasteiger charge is -2.20. The van der Waals surface area contributed by atoms with Gasteiger partial charge in [-0.3, -0.25) is 9.59 Å². The number of nitrogens with one attached hydrogen (secondary N) is 1. The molecule has 1 aromatic carbocycles. The first kappa shape index (κ1) is 17.4. The van der Waals surface area contributed by atoms with Crippen molar-refractivity contribution < 1.29 is 9.59 Å². The number of carbonyl (C=O) groups excluding carboxylic acids is 2. The summed E-state index contributed by atoms with van der Waals surface area (Å²) in [6, 6.07) is 7.52. The number of hydrogen-bond acceptors (Lipinski definition) is 6. The van der Waals surface area contributed by atoms with Crippen LogP contribution in [0.25, 0.3) is 0 Å². The summed E-state index contributed by atoms with van der Waals surface area (Å²) in [7, 11) is 1.62. The summed E-state index contributed by atoms with van der Waals surface area (Å²) in [5.74, 6) is -0.345. The molecule has 23 heavy (non-hydrogen) atoms. The largest absolute Gasteiger partial charge is 0.335 e. The maximum absolute atomic E-state index is 12.3. The van der Waals surface area contributed by atoms with Crippen LogP contribution in [0.1, 0.15) is 12.5 Å². The molecule has 2 amide bonds. The SMILES string of the molecule is Cc1ccc(NC(=O)CN(C)C(=O)[C@H](C)Sc2nncs2)cc1. The summed E-state index contributed by atoms with van der Waals surface area (Å²) in [6.45, 7) is 3.78. The first-order valence-electron chi connectivity index (χ1n) is 7.00. The molecule has 0 radical (unpaired) electrons. The third-order valence-electron chi connectivity index (χ3n) is 3.06. The van der Waals surface area contributed by atoms with Crippen LogP contribution < -0.4 is 5.32 Å². The zero-order chi connectivity index (χ0) is 16.8. The zero-order valence-corrected chi connectivity index (χ0v) is 14.8. The lowest BCUT2D eigenvalue weighted by molar-refractivity contribution is -0.132. The van der Waals surface area contributed by atoms with Crippen LogP contribution >= 0.6 is 23.1 Å². The van der Waals surface area contributed by atoms with Crippen molar-refractivity contribution in [1.82, 2.24) is 15.1 Å². The van der Waals surface area contributed by atoms with Crippen molar-refractivity contribution in [2.24, 2.45) is 0 Å². The molecule has 0 fully saturated rings. The summed E-state index contributed by atoms with van der Waals surface area (Å²) in [5.41, 5.74) is 3.47. The Morgan fingerprint density at radius 1 is 1.35 bits per heavy atom. The fraction of sp³-hybridized carbons (Fsp3) is 0.333. The van der Waals surface area contributed by atoms with Crippen LogP contribution in [-0.4, -0.2) is 45.8 Å². The third-order valence-corrected chi connectivity index (χ3v) is 4.96. The molecule has 0 aliphatic carbocycles. The van der Waals surface area contributed by atoms with Gasteiger partial charge in [-0.05, 0) is 26.0 Å². The first-order valence-corrected chi connectivity index (χ1v) is 8.76. The van der Waals surface area contributed by atoms with Crippen LogP contribution in [0, 0.1) is 6.92 Å². The molecule has 0 unspecified atom stereocenters. The van der Waals surface area contributed by atoms with E-state index < -0.39 is 0 Å². The van der Waals surface area contributed by atoms with E-state index in [9.17, 15) is 9.59 Å². The van der Waals surface area contributed by atoms with Gasteiger partial charge in [-0.2, -0.15) is 0 Å². The number of aryl methyl sites for hydroxylation is 1. The molecule has 2 rings (SSSR count). The minimum absolute atomic E-state index is 0.00767. The van der Waals surface area contributed by atoms with Gasteiger partial charge in [0.05, 0.1) is 11.8 Å². The number of anilines is 1. The zero-order valence-electron chi connectivity index (χ0n) is 13.1. The molecule has 1 N–H and O–H groups in total. The summed E-state index contributed by atoms with van der Waals surface area (Å²) in [5, 5.41) is 10.1. The van der Waals surface area contributed by atoms with E-state index in [1.54, 1.807) is 19.5 Å². The number of hydrogen-bond donors (Lipinski definition) is 1. The van der Waals surface area contributed by atoms with Crippen molar-refractivity contribution in [2.75, 3.05) is 18.9 Å². The quantitative estimate of drug-likeness (QED) is 0.810. The monoisotopic (exact) mass is 350 g/mol. The van der Waals surface area contributed by atoms with Crippen LogP contribution in [0.15, 0.2) is 34.1 Å². The Balaban J connectivity index is 1.84. The molecule has 8 heteroatoms. The van der Waals surface area contributed by atoms with Gasteiger partial charge in [-0.1, -0.05) is 40.8 Å². The number of carbonyl (C=O) groups is 2. The van der Waals surface area contributed by atoms with Gasteiger partial charge in [0.15, 0.2) is 4.34 Å².